The van der Waals surface area contributed by atoms with E-state index >= 15 is 0 Å². The molecule has 1 aliphatic carbocycles. The molecule has 11 heavy (non-hydrogen) atoms. The first-order valence-corrected chi connectivity index (χ1v) is 4.21. The molecule has 0 aromatic carbocycles. The Hall–Kier alpha value is -0.720. The van der Waals surface area contributed by atoms with Crippen LogP contribution in [0.3, 0.4) is 0 Å². The van der Waals surface area contributed by atoms with Gasteiger partial charge in [-0.3, -0.25) is 0 Å². The van der Waals surface area contributed by atoms with E-state index in [-0.39, 0.29) is 0 Å². The van der Waals surface area contributed by atoms with Crippen LogP contribution in [0.2, 0.25) is 0 Å². The molecule has 0 unspecified atom stereocenters. The average Bonchev–Trinajstić information content (AvgIpc) is 2.05. The topological polar surface area (TPSA) is 9.23 Å². The molecule has 0 aromatic heterocycles. The van der Waals surface area contributed by atoms with E-state index < -0.39 is 0 Å². The molecule has 0 aromatic rings. The Kier molecular flexibility index (Phi) is 2.75. The van der Waals surface area contributed by atoms with Crippen LogP contribution in [0.4, 0.5) is 0 Å². The molecule has 1 heteroatoms. The summed E-state index contributed by atoms with van der Waals surface area (Å²) in [4.78, 5) is 0. The Bertz CT molecular complexity index is 199. The number of ether oxygens (including phenoxy) is 1. The molecule has 0 saturated carbocycles. The maximum Gasteiger partial charge on any atom is 0.117 e. The van der Waals surface area contributed by atoms with Gasteiger partial charge < -0.3 is 4.74 Å². The number of rotatable bonds is 2. The Morgan fingerprint density at radius 1 is 1.45 bits per heavy atom. The largest absolute Gasteiger partial charge is 0.497 e. The molecular weight excluding hydrogens is 136 g/mol. The highest BCUT2D eigenvalue weighted by Gasteiger charge is 2.08. The monoisotopic (exact) mass is 152 g/mol. The van der Waals surface area contributed by atoms with Gasteiger partial charge in [0.25, 0.3) is 0 Å². The first kappa shape index (κ1) is 8.38. The Balaban J connectivity index is 2.78. The molecule has 0 saturated heterocycles. The van der Waals surface area contributed by atoms with E-state index in [4.69, 9.17) is 4.74 Å². The van der Waals surface area contributed by atoms with Gasteiger partial charge >= 0.3 is 0 Å². The van der Waals surface area contributed by atoms with Crippen molar-refractivity contribution in [1.82, 2.24) is 0 Å². The quantitative estimate of drug-likeness (QED) is 0.591. The van der Waals surface area contributed by atoms with E-state index in [2.05, 4.69) is 19.9 Å². The molecule has 62 valence electrons. The summed E-state index contributed by atoms with van der Waals surface area (Å²) in [6, 6.07) is 0. The lowest BCUT2D eigenvalue weighted by Crippen LogP contribution is -1.98. The Labute approximate surface area is 68.8 Å². The summed E-state index contributed by atoms with van der Waals surface area (Å²) in [7, 11) is 1.74. The van der Waals surface area contributed by atoms with Gasteiger partial charge in [-0.25, -0.2) is 0 Å². The first-order chi connectivity index (χ1) is 5.27. The lowest BCUT2D eigenvalue weighted by molar-refractivity contribution is 0.298. The second-order valence-corrected chi connectivity index (χ2v) is 3.00. The minimum absolute atomic E-state index is 1.08. The van der Waals surface area contributed by atoms with Crippen LogP contribution in [0, 0.1) is 0 Å². The van der Waals surface area contributed by atoms with Crippen LogP contribution < -0.4 is 0 Å². The van der Waals surface area contributed by atoms with Crippen molar-refractivity contribution in [2.45, 2.75) is 33.1 Å². The van der Waals surface area contributed by atoms with Crippen molar-refractivity contribution in [3.8, 4) is 0 Å². The van der Waals surface area contributed by atoms with Gasteiger partial charge in [-0.15, -0.1) is 0 Å². The van der Waals surface area contributed by atoms with Crippen molar-refractivity contribution < 1.29 is 4.74 Å². The zero-order valence-electron chi connectivity index (χ0n) is 7.61. The normalized spacial score (nSPS) is 18.3. The first-order valence-electron chi connectivity index (χ1n) is 4.21. The number of hydrogen-bond donors (Lipinski definition) is 0. The number of allylic oxidation sites excluding steroid dienone is 3. The molecule has 0 amide bonds. The van der Waals surface area contributed by atoms with Crippen LogP contribution in [0.5, 0.6) is 0 Å². The minimum atomic E-state index is 1.08. The molecule has 0 radical (unpaired) electrons. The average molecular weight is 152 g/mol. The molecule has 0 N–H and O–H groups in total. The van der Waals surface area contributed by atoms with E-state index in [0.29, 0.717) is 0 Å². The third-order valence-corrected chi connectivity index (χ3v) is 2.25. The van der Waals surface area contributed by atoms with Crippen molar-refractivity contribution in [2.75, 3.05) is 7.11 Å². The predicted octanol–water partition coefficient (Wildman–Crippen LogP) is 3.04. The smallest absolute Gasteiger partial charge is 0.117 e. The minimum Gasteiger partial charge on any atom is -0.497 e. The maximum atomic E-state index is 5.24. The SMILES string of the molecule is CCC1=CC(OC)=C(C)CC1. The third-order valence-electron chi connectivity index (χ3n) is 2.25. The van der Waals surface area contributed by atoms with E-state index in [9.17, 15) is 0 Å². The van der Waals surface area contributed by atoms with Crippen molar-refractivity contribution in [3.63, 3.8) is 0 Å². The van der Waals surface area contributed by atoms with Crippen LogP contribution in [-0.2, 0) is 4.74 Å². The highest BCUT2D eigenvalue weighted by molar-refractivity contribution is 5.28. The van der Waals surface area contributed by atoms with Crippen molar-refractivity contribution in [3.05, 3.63) is 23.0 Å². The summed E-state index contributed by atoms with van der Waals surface area (Å²) in [6.07, 6.45) is 5.72. The van der Waals surface area contributed by atoms with Gasteiger partial charge in [0.1, 0.15) is 5.76 Å². The van der Waals surface area contributed by atoms with Crippen molar-refractivity contribution in [1.29, 1.82) is 0 Å². The highest BCUT2D eigenvalue weighted by Crippen LogP contribution is 2.25. The fraction of sp³-hybridized carbons (Fsp3) is 0.600. The van der Waals surface area contributed by atoms with E-state index in [0.717, 1.165) is 12.2 Å². The number of methoxy groups -OCH3 is 1. The second-order valence-electron chi connectivity index (χ2n) is 3.00. The maximum absolute atomic E-state index is 5.24. The van der Waals surface area contributed by atoms with Gasteiger partial charge in [0.05, 0.1) is 7.11 Å². The molecule has 1 aliphatic rings. The van der Waals surface area contributed by atoms with Gasteiger partial charge in [-0.05, 0) is 37.8 Å². The summed E-state index contributed by atoms with van der Waals surface area (Å²) < 4.78 is 5.24. The predicted molar refractivity (Wildman–Crippen MR) is 47.3 cm³/mol. The zero-order chi connectivity index (χ0) is 8.27. The van der Waals surface area contributed by atoms with Crippen LogP contribution in [-0.4, -0.2) is 7.11 Å². The summed E-state index contributed by atoms with van der Waals surface area (Å²) in [6.45, 7) is 4.33. The molecule has 0 atom stereocenters. The summed E-state index contributed by atoms with van der Waals surface area (Å²) in [5.41, 5.74) is 2.89. The van der Waals surface area contributed by atoms with E-state index in [1.165, 1.54) is 24.0 Å². The van der Waals surface area contributed by atoms with Gasteiger partial charge in [0.15, 0.2) is 0 Å². The fourth-order valence-electron chi connectivity index (χ4n) is 1.36. The van der Waals surface area contributed by atoms with Crippen molar-refractivity contribution >= 4 is 0 Å². The Morgan fingerprint density at radius 3 is 2.73 bits per heavy atom. The van der Waals surface area contributed by atoms with Crippen molar-refractivity contribution in [2.24, 2.45) is 0 Å². The second kappa shape index (κ2) is 3.61. The van der Waals surface area contributed by atoms with Crippen LogP contribution in [0.1, 0.15) is 33.1 Å². The standard InChI is InChI=1S/C10H16O/c1-4-9-6-5-8(2)10(7-9)11-3/h7H,4-6H2,1-3H3. The van der Waals surface area contributed by atoms with E-state index in [1.807, 2.05) is 0 Å². The number of hydrogen-bond acceptors (Lipinski definition) is 1. The molecule has 0 fully saturated rings. The highest BCUT2D eigenvalue weighted by atomic mass is 16.5. The van der Waals surface area contributed by atoms with Gasteiger partial charge in [-0.1, -0.05) is 12.5 Å². The lowest BCUT2D eigenvalue weighted by atomic mass is 9.96. The van der Waals surface area contributed by atoms with Gasteiger partial charge in [0, 0.05) is 0 Å². The summed E-state index contributed by atoms with van der Waals surface area (Å²) >= 11 is 0. The van der Waals surface area contributed by atoms with Gasteiger partial charge in [-0.2, -0.15) is 0 Å². The van der Waals surface area contributed by atoms with Crippen LogP contribution >= 0.6 is 0 Å². The molecule has 0 heterocycles. The van der Waals surface area contributed by atoms with E-state index in [1.54, 1.807) is 7.11 Å². The fourth-order valence-corrected chi connectivity index (χ4v) is 1.36. The molecular formula is C10H16O. The molecule has 1 nitrogen and oxygen atoms in total. The Morgan fingerprint density at radius 2 is 2.18 bits per heavy atom. The molecule has 0 spiro atoms. The van der Waals surface area contributed by atoms with Crippen LogP contribution in [0.15, 0.2) is 23.0 Å². The molecule has 0 aliphatic heterocycles. The van der Waals surface area contributed by atoms with Crippen LogP contribution in [0.25, 0.3) is 0 Å². The molecule has 0 bridgehead atoms. The third kappa shape index (κ3) is 1.86. The lowest BCUT2D eigenvalue weighted by Gasteiger charge is -2.15. The zero-order valence-corrected chi connectivity index (χ0v) is 7.61. The molecule has 1 rings (SSSR count). The van der Waals surface area contributed by atoms with Gasteiger partial charge in [0.2, 0.25) is 0 Å². The summed E-state index contributed by atoms with van der Waals surface area (Å²) in [5, 5.41) is 0. The summed E-state index contributed by atoms with van der Waals surface area (Å²) in [5.74, 6) is 1.08.